The van der Waals surface area contributed by atoms with Crippen LogP contribution in [0.25, 0.3) is 5.69 Å². The second kappa shape index (κ2) is 8.81. The van der Waals surface area contributed by atoms with Gasteiger partial charge in [0.1, 0.15) is 0 Å². The molecule has 0 spiro atoms. The number of halogens is 6. The smallest absolute Gasteiger partial charge is 0.369 e. The molecule has 0 saturated carbocycles. The Hall–Kier alpha value is -3.09. The van der Waals surface area contributed by atoms with Crippen molar-refractivity contribution in [3.05, 3.63) is 47.3 Å². The van der Waals surface area contributed by atoms with Gasteiger partial charge < -0.3 is 11.1 Å². The van der Waals surface area contributed by atoms with Gasteiger partial charge in [0.25, 0.3) is 5.91 Å². The summed E-state index contributed by atoms with van der Waals surface area (Å²) in [6.45, 7) is 0.885. The highest BCUT2D eigenvalue weighted by atomic mass is 19.4. The first kappa shape index (κ1) is 23.6. The van der Waals surface area contributed by atoms with Gasteiger partial charge >= 0.3 is 12.4 Å². The first-order chi connectivity index (χ1) is 14.9. The van der Waals surface area contributed by atoms with Crippen molar-refractivity contribution >= 4 is 11.8 Å². The van der Waals surface area contributed by atoms with Crippen LogP contribution in [0.4, 0.5) is 26.3 Å². The lowest BCUT2D eigenvalue weighted by Crippen LogP contribution is -2.46. The van der Waals surface area contributed by atoms with Gasteiger partial charge in [-0.25, -0.2) is 4.68 Å². The predicted octanol–water partition coefficient (Wildman–Crippen LogP) is 2.59. The van der Waals surface area contributed by atoms with E-state index in [1.54, 1.807) is 4.90 Å². The zero-order valence-electron chi connectivity index (χ0n) is 16.5. The number of hydrogen-bond donors (Lipinski definition) is 2. The van der Waals surface area contributed by atoms with E-state index in [0.29, 0.717) is 38.2 Å². The fourth-order valence-corrected chi connectivity index (χ4v) is 3.52. The SMILES string of the molecule is NC(=O)CN1CCC(NC(=O)c2cnn(-c3cccc(C(F)(F)F)c3)c2C(F)(F)F)CC1. The van der Waals surface area contributed by atoms with Gasteiger partial charge in [-0.2, -0.15) is 31.4 Å². The van der Waals surface area contributed by atoms with Crippen molar-refractivity contribution in [3.8, 4) is 5.69 Å². The fourth-order valence-electron chi connectivity index (χ4n) is 3.52. The van der Waals surface area contributed by atoms with Crippen molar-refractivity contribution in [2.24, 2.45) is 5.73 Å². The number of rotatable bonds is 5. The molecular weight excluding hydrogens is 444 g/mol. The van der Waals surface area contributed by atoms with Crippen LogP contribution < -0.4 is 11.1 Å². The molecule has 0 radical (unpaired) electrons. The molecule has 174 valence electrons. The third-order valence-corrected chi connectivity index (χ3v) is 5.00. The molecule has 0 aliphatic carbocycles. The van der Waals surface area contributed by atoms with E-state index in [2.05, 4.69) is 10.4 Å². The van der Waals surface area contributed by atoms with E-state index < -0.39 is 52.7 Å². The lowest BCUT2D eigenvalue weighted by molar-refractivity contribution is -0.143. The Labute approximate surface area is 178 Å². The van der Waals surface area contributed by atoms with Crippen LogP contribution in [0, 0.1) is 0 Å². The lowest BCUT2D eigenvalue weighted by atomic mass is 10.0. The van der Waals surface area contributed by atoms with Crippen molar-refractivity contribution in [1.29, 1.82) is 0 Å². The van der Waals surface area contributed by atoms with Crippen molar-refractivity contribution in [2.45, 2.75) is 31.2 Å². The summed E-state index contributed by atoms with van der Waals surface area (Å²) in [5.41, 5.74) is 1.23. The molecule has 3 N–H and O–H groups in total. The molecule has 1 saturated heterocycles. The molecule has 1 aliphatic rings. The molecule has 32 heavy (non-hydrogen) atoms. The van der Waals surface area contributed by atoms with E-state index in [9.17, 15) is 35.9 Å². The van der Waals surface area contributed by atoms with E-state index in [-0.39, 0.29) is 11.2 Å². The minimum absolute atomic E-state index is 0.0443. The van der Waals surface area contributed by atoms with Gasteiger partial charge in [0, 0.05) is 19.1 Å². The summed E-state index contributed by atoms with van der Waals surface area (Å²) in [5.74, 6) is -1.55. The van der Waals surface area contributed by atoms with E-state index in [4.69, 9.17) is 5.73 Å². The zero-order chi connectivity index (χ0) is 23.7. The Balaban J connectivity index is 1.84. The van der Waals surface area contributed by atoms with E-state index >= 15 is 0 Å². The molecular formula is C19H19F6N5O2. The molecule has 3 rings (SSSR count). The summed E-state index contributed by atoms with van der Waals surface area (Å²) in [4.78, 5) is 25.3. The number of carbonyl (C=O) groups is 2. The van der Waals surface area contributed by atoms with Gasteiger partial charge in [0.05, 0.1) is 29.6 Å². The van der Waals surface area contributed by atoms with Gasteiger partial charge in [0.15, 0.2) is 5.69 Å². The quantitative estimate of drug-likeness (QED) is 0.667. The maximum Gasteiger partial charge on any atom is 0.434 e. The number of benzene rings is 1. The fraction of sp³-hybridized carbons (Fsp3) is 0.421. The Bertz CT molecular complexity index is 993. The lowest BCUT2D eigenvalue weighted by Gasteiger charge is -2.31. The Morgan fingerprint density at radius 1 is 1.09 bits per heavy atom. The maximum atomic E-state index is 13.8. The van der Waals surface area contributed by atoms with Crippen molar-refractivity contribution in [3.63, 3.8) is 0 Å². The van der Waals surface area contributed by atoms with E-state index in [0.717, 1.165) is 18.2 Å². The predicted molar refractivity (Wildman–Crippen MR) is 99.7 cm³/mol. The first-order valence-electron chi connectivity index (χ1n) is 9.50. The first-order valence-corrected chi connectivity index (χ1v) is 9.50. The van der Waals surface area contributed by atoms with Crippen LogP contribution >= 0.6 is 0 Å². The number of aromatic nitrogens is 2. The minimum Gasteiger partial charge on any atom is -0.369 e. The van der Waals surface area contributed by atoms with E-state index in [1.807, 2.05) is 0 Å². The Morgan fingerprint density at radius 3 is 2.31 bits per heavy atom. The number of nitrogens with one attached hydrogen (secondary N) is 1. The molecule has 0 bridgehead atoms. The molecule has 2 heterocycles. The van der Waals surface area contributed by atoms with Crippen LogP contribution in [0.3, 0.4) is 0 Å². The van der Waals surface area contributed by atoms with Crippen LogP contribution in [-0.2, 0) is 17.1 Å². The average molecular weight is 463 g/mol. The molecule has 1 aromatic heterocycles. The third kappa shape index (κ3) is 5.39. The largest absolute Gasteiger partial charge is 0.434 e. The van der Waals surface area contributed by atoms with Crippen LogP contribution in [0.15, 0.2) is 30.5 Å². The number of primary amides is 1. The molecule has 13 heteroatoms. The van der Waals surface area contributed by atoms with Crippen molar-refractivity contribution < 1.29 is 35.9 Å². The number of alkyl halides is 6. The monoisotopic (exact) mass is 463 g/mol. The topological polar surface area (TPSA) is 93.2 Å². The summed E-state index contributed by atoms with van der Waals surface area (Å²) >= 11 is 0. The van der Waals surface area contributed by atoms with Crippen LogP contribution in [0.1, 0.15) is 34.5 Å². The van der Waals surface area contributed by atoms with Gasteiger partial charge in [-0.15, -0.1) is 0 Å². The second-order valence-electron chi connectivity index (χ2n) is 7.35. The standard InChI is InChI=1S/C19H19F6N5O2/c20-18(21,22)11-2-1-3-13(8-11)30-16(19(23,24)25)14(9-27-30)17(32)28-12-4-6-29(7-5-12)10-15(26)31/h1-3,8-9,12H,4-7,10H2,(H2,26,31)(H,28,32). The molecule has 1 aliphatic heterocycles. The van der Waals surface area contributed by atoms with Crippen molar-refractivity contribution in [1.82, 2.24) is 20.0 Å². The molecule has 7 nitrogen and oxygen atoms in total. The number of nitrogens with two attached hydrogens (primary N) is 1. The van der Waals surface area contributed by atoms with Gasteiger partial charge in [0.2, 0.25) is 5.91 Å². The summed E-state index contributed by atoms with van der Waals surface area (Å²) < 4.78 is 80.5. The molecule has 2 amide bonds. The highest BCUT2D eigenvalue weighted by molar-refractivity contribution is 5.95. The summed E-state index contributed by atoms with van der Waals surface area (Å²) in [6, 6.07) is 2.80. The summed E-state index contributed by atoms with van der Waals surface area (Å²) in [6.07, 6.45) is -8.35. The van der Waals surface area contributed by atoms with Crippen LogP contribution in [0.2, 0.25) is 0 Å². The average Bonchev–Trinajstić information content (AvgIpc) is 3.14. The number of likely N-dealkylation sites (tertiary alicyclic amines) is 1. The number of amides is 2. The molecule has 1 aromatic carbocycles. The minimum atomic E-state index is -5.05. The number of hydrogen-bond acceptors (Lipinski definition) is 4. The molecule has 0 atom stereocenters. The van der Waals surface area contributed by atoms with E-state index in [1.165, 1.54) is 0 Å². The summed E-state index contributed by atoms with van der Waals surface area (Å²) in [5, 5.41) is 6.05. The Kier molecular flexibility index (Phi) is 6.49. The zero-order valence-corrected chi connectivity index (χ0v) is 16.5. The molecule has 0 unspecified atom stereocenters. The van der Waals surface area contributed by atoms with Crippen LogP contribution in [-0.4, -0.2) is 52.2 Å². The number of nitrogens with zero attached hydrogens (tertiary/aromatic N) is 3. The maximum absolute atomic E-state index is 13.8. The highest BCUT2D eigenvalue weighted by Crippen LogP contribution is 2.35. The van der Waals surface area contributed by atoms with Crippen molar-refractivity contribution in [2.75, 3.05) is 19.6 Å². The second-order valence-corrected chi connectivity index (χ2v) is 7.35. The normalized spacial score (nSPS) is 16.2. The summed E-state index contributed by atoms with van der Waals surface area (Å²) in [7, 11) is 0. The Morgan fingerprint density at radius 2 is 1.75 bits per heavy atom. The number of piperidine rings is 1. The van der Waals surface area contributed by atoms with Crippen LogP contribution in [0.5, 0.6) is 0 Å². The van der Waals surface area contributed by atoms with Gasteiger partial charge in [-0.3, -0.25) is 14.5 Å². The molecule has 2 aromatic rings. The molecule has 1 fully saturated rings. The van der Waals surface area contributed by atoms with Gasteiger partial charge in [-0.1, -0.05) is 6.07 Å². The number of carbonyl (C=O) groups excluding carboxylic acids is 2. The highest BCUT2D eigenvalue weighted by Gasteiger charge is 2.41. The third-order valence-electron chi connectivity index (χ3n) is 5.00. The van der Waals surface area contributed by atoms with Gasteiger partial charge in [-0.05, 0) is 31.0 Å².